The van der Waals surface area contributed by atoms with Crippen LogP contribution in [0.2, 0.25) is 0 Å². The van der Waals surface area contributed by atoms with Crippen molar-refractivity contribution in [2.45, 2.75) is 284 Å². The summed E-state index contributed by atoms with van der Waals surface area (Å²) in [5.41, 5.74) is 11.4. The molecule has 3 rings (SSSR count). The first kappa shape index (κ1) is 116. The molecule has 26 N–H and O–H groups in total. The van der Waals surface area contributed by atoms with E-state index in [1.807, 2.05) is 0 Å². The number of carboxylic acids is 2. The molecule has 1 aromatic rings. The number of likely N-dealkylation sites (tertiary alicyclic amines) is 2. The van der Waals surface area contributed by atoms with Gasteiger partial charge in [-0.05, 0) is 158 Å². The van der Waals surface area contributed by atoms with Crippen molar-refractivity contribution in [3.05, 3.63) is 29.8 Å². The molecule has 0 aromatic heterocycles. The van der Waals surface area contributed by atoms with Crippen molar-refractivity contribution in [2.75, 3.05) is 57.8 Å². The molecule has 19 amide bonds. The quantitative estimate of drug-likeness (QED) is 0.0164. The molecule has 0 unspecified atom stereocenters. The number of nitrogens with zero attached hydrogens (tertiary/aromatic N) is 2. The molecular weight excluding hydrogens is 1770 g/mol. The summed E-state index contributed by atoms with van der Waals surface area (Å²) in [6.45, 7) is 21.2. The SMILES string of the molecule is CC[C@H](C)[C@H](NC(=O)[C@H](Cc1ccc(O)cc1)NC(=O)CNC(=O)[C@H](CCSC)NC(=O)[C@H](CC(C)C)NC(=O)[C@H](CC(=O)O)NC(=O)[C@H](C)N)C(=O)N1CCC[C@H]1C(=O)N[C@@H](CC(C)C)C(=O)N[C@H](C(=O)NCC(=O)N[C@@H](C)C(=O)N1CCC[C@H]1C(=O)N[C@@H](CC(C)C)C(=O)NCC(=O)NCC(=O)N[C@@H](C)C(=O)N[C@@H](C)C(=O)N[C@@H](CCCNC(=N)N)C(=O)N[C@@H](C)C(=O)O)C(C)C. The summed E-state index contributed by atoms with van der Waals surface area (Å²) in [6.07, 6.45) is 2.31. The number of rotatable bonds is 57. The normalized spacial score (nSPS) is 16.8. The molecule has 0 saturated carbocycles. The van der Waals surface area contributed by atoms with E-state index >= 15 is 0 Å². The van der Waals surface area contributed by atoms with Crippen molar-refractivity contribution in [2.24, 2.45) is 41.1 Å². The van der Waals surface area contributed by atoms with Gasteiger partial charge in [-0.1, -0.05) is 87.8 Å². The third-order valence-corrected chi connectivity index (χ3v) is 22.4. The Bertz CT molecular complexity index is 4270. The lowest BCUT2D eigenvalue weighted by molar-refractivity contribution is -0.143. The Kier molecular flexibility index (Phi) is 49.9. The standard InChI is InChI=1S/C86H141N23O24S/c1-17-46(10)69(107-79(126)59(36-52-24-26-53(110)27-25-52)99-66(114)41-93-73(120)55(28-32-134-16)101-76(123)57(34-43(4)5)103-77(124)60(37-67(115)116)102-70(117)47(11)87)84(131)109-31-20-23-62(109)81(128)105-58(35-44(6)7)78(125)106-68(45(8)9)82(129)94-40-65(113)96-50(14)83(130)108-30-19-22-61(108)80(127)104-56(33-42(2)3)74(121)92-38-63(111)91-39-64(112)95-48(12)71(118)97-49(13)72(119)100-54(21-18-29-90-86(88)89)75(122)98-51(15)85(132)133/h24-27,42-51,54-62,68-69,110H,17-23,28-41,87H2,1-16H3,(H,91,111)(H,92,121)(H,93,120)(H,94,129)(H,95,112)(H,96,113)(H,97,118)(H,98,122)(H,99,114)(H,100,119)(H,101,123)(H,102,117)(H,103,124)(H,104,127)(H,105,128)(H,106,125)(H,107,126)(H,115,116)(H,132,133)(H4,88,89,90)/t46-,47-,48-,49-,50-,51-,54-,55-,56-,57-,58-,59-,60-,61-,62-,68-,69-/m0/s1. The van der Waals surface area contributed by atoms with Crippen molar-refractivity contribution in [3.8, 4) is 5.75 Å². The molecule has 1 aromatic carbocycles. The third-order valence-electron chi connectivity index (χ3n) is 21.8. The van der Waals surface area contributed by atoms with Gasteiger partial charge in [0.25, 0.3) is 0 Å². The van der Waals surface area contributed by atoms with Gasteiger partial charge in [-0.15, -0.1) is 0 Å². The summed E-state index contributed by atoms with van der Waals surface area (Å²) in [7, 11) is 0. The maximum atomic E-state index is 15.0. The smallest absolute Gasteiger partial charge is 0.325 e. The minimum atomic E-state index is -1.62. The second-order valence-electron chi connectivity index (χ2n) is 35.2. The molecule has 47 nitrogen and oxygen atoms in total. The zero-order valence-electron chi connectivity index (χ0n) is 79.2. The largest absolute Gasteiger partial charge is 0.508 e. The number of amides is 19. The first-order chi connectivity index (χ1) is 62.8. The zero-order chi connectivity index (χ0) is 101. The second kappa shape index (κ2) is 57.8. The van der Waals surface area contributed by atoms with Crippen LogP contribution in [0.5, 0.6) is 5.75 Å². The average molecular weight is 1910 g/mol. The molecule has 0 radical (unpaired) electrons. The molecule has 2 fully saturated rings. The molecule has 2 heterocycles. The van der Waals surface area contributed by atoms with E-state index in [0.29, 0.717) is 30.6 Å². The van der Waals surface area contributed by atoms with Crippen LogP contribution >= 0.6 is 11.8 Å². The number of nitrogens with two attached hydrogens (primary N) is 2. The van der Waals surface area contributed by atoms with E-state index in [9.17, 15) is 116 Å². The number of nitrogens with one attached hydrogen (secondary N) is 19. The Hall–Kier alpha value is -12.5. The highest BCUT2D eigenvalue weighted by molar-refractivity contribution is 7.98. The van der Waals surface area contributed by atoms with Gasteiger partial charge in [0.15, 0.2) is 5.96 Å². The lowest BCUT2D eigenvalue weighted by Crippen LogP contribution is -2.61. The molecule has 2 saturated heterocycles. The molecule has 750 valence electrons. The monoisotopic (exact) mass is 1910 g/mol. The molecule has 0 aliphatic carbocycles. The zero-order valence-corrected chi connectivity index (χ0v) is 80.0. The van der Waals surface area contributed by atoms with Crippen molar-refractivity contribution < 1.29 is 116 Å². The topological polar surface area (TPSA) is 718 Å². The van der Waals surface area contributed by atoms with Gasteiger partial charge in [-0.3, -0.25) is 106 Å². The predicted octanol–water partition coefficient (Wildman–Crippen LogP) is -5.47. The fraction of sp³-hybridized carbons (Fsp3) is 0.674. The van der Waals surface area contributed by atoms with Gasteiger partial charge < -0.3 is 132 Å². The van der Waals surface area contributed by atoms with Gasteiger partial charge in [0.05, 0.1) is 38.6 Å². The van der Waals surface area contributed by atoms with Gasteiger partial charge in [0.2, 0.25) is 112 Å². The number of phenolic OH excluding ortho intramolecular Hbond substituents is 1. The summed E-state index contributed by atoms with van der Waals surface area (Å²) in [5.74, 6) is -20.3. The van der Waals surface area contributed by atoms with E-state index in [0.717, 1.165) is 0 Å². The van der Waals surface area contributed by atoms with E-state index < -0.39 is 265 Å². The molecule has 17 atom stereocenters. The summed E-state index contributed by atoms with van der Waals surface area (Å²) in [4.78, 5) is 286. The van der Waals surface area contributed by atoms with Crippen molar-refractivity contribution in [1.82, 2.24) is 106 Å². The lowest BCUT2D eigenvalue weighted by atomic mass is 9.96. The van der Waals surface area contributed by atoms with E-state index in [1.165, 1.54) is 80.4 Å². The molecule has 0 spiro atoms. The number of hydrogen-bond donors (Lipinski definition) is 24. The lowest BCUT2D eigenvalue weighted by Gasteiger charge is -2.33. The number of phenols is 1. The molecular formula is C86H141N23O24S. The number of hydrogen-bond acceptors (Lipinski definition) is 25. The van der Waals surface area contributed by atoms with E-state index in [4.69, 9.17) is 16.9 Å². The summed E-state index contributed by atoms with van der Waals surface area (Å²) in [5, 5.41) is 81.4. The van der Waals surface area contributed by atoms with Crippen LogP contribution in [0.1, 0.15) is 186 Å². The second-order valence-corrected chi connectivity index (χ2v) is 36.2. The van der Waals surface area contributed by atoms with Crippen molar-refractivity contribution in [3.63, 3.8) is 0 Å². The third kappa shape index (κ3) is 40.9. The number of thioether (sulfide) groups is 1. The van der Waals surface area contributed by atoms with Crippen LogP contribution in [0.4, 0.5) is 0 Å². The van der Waals surface area contributed by atoms with E-state index in [-0.39, 0.29) is 107 Å². The van der Waals surface area contributed by atoms with E-state index in [1.54, 1.807) is 75.5 Å². The average Bonchev–Trinajstić information content (AvgIpc) is 1.50. The number of carbonyl (C=O) groups excluding carboxylic acids is 19. The maximum Gasteiger partial charge on any atom is 0.325 e. The van der Waals surface area contributed by atoms with Gasteiger partial charge in [-0.2, -0.15) is 11.8 Å². The minimum absolute atomic E-state index is 0.00807. The van der Waals surface area contributed by atoms with Crippen LogP contribution in [0.25, 0.3) is 0 Å². The molecule has 2 aliphatic heterocycles. The minimum Gasteiger partial charge on any atom is -0.508 e. The highest BCUT2D eigenvalue weighted by Gasteiger charge is 2.44. The van der Waals surface area contributed by atoms with Crippen LogP contribution in [-0.4, -0.2) is 310 Å². The molecule has 0 bridgehead atoms. The van der Waals surface area contributed by atoms with Crippen LogP contribution in [0.3, 0.4) is 0 Å². The predicted molar refractivity (Wildman–Crippen MR) is 489 cm³/mol. The number of guanidine groups is 1. The summed E-state index contributed by atoms with van der Waals surface area (Å²) < 4.78 is 0. The van der Waals surface area contributed by atoms with Crippen LogP contribution in [-0.2, 0) is 107 Å². The number of aromatic hydroxyl groups is 1. The Balaban J connectivity index is 1.67. The van der Waals surface area contributed by atoms with E-state index in [2.05, 4.69) is 95.7 Å². The number of aliphatic carboxylic acids is 2. The number of carboxylic acid groups (broad SMARTS) is 2. The molecule has 134 heavy (non-hydrogen) atoms. The fourth-order valence-corrected chi connectivity index (χ4v) is 14.6. The number of benzene rings is 1. The first-order valence-electron chi connectivity index (χ1n) is 45.0. The van der Waals surface area contributed by atoms with Gasteiger partial charge in [0, 0.05) is 26.1 Å². The Labute approximate surface area is 783 Å². The highest BCUT2D eigenvalue weighted by Crippen LogP contribution is 2.25. The van der Waals surface area contributed by atoms with Crippen LogP contribution in [0, 0.1) is 35.0 Å². The van der Waals surface area contributed by atoms with Gasteiger partial charge in [-0.25, -0.2) is 0 Å². The number of carbonyl (C=O) groups is 21. The molecule has 2 aliphatic rings. The van der Waals surface area contributed by atoms with Crippen LogP contribution in [0.15, 0.2) is 24.3 Å². The highest BCUT2D eigenvalue weighted by atomic mass is 32.2. The fourth-order valence-electron chi connectivity index (χ4n) is 14.1. The Morgan fingerprint density at radius 1 is 0.433 bits per heavy atom. The maximum absolute atomic E-state index is 15.0. The van der Waals surface area contributed by atoms with Gasteiger partial charge in [0.1, 0.15) is 96.4 Å². The summed E-state index contributed by atoms with van der Waals surface area (Å²) >= 11 is 1.33. The first-order valence-corrected chi connectivity index (χ1v) is 46.4. The Morgan fingerprint density at radius 2 is 0.843 bits per heavy atom. The van der Waals surface area contributed by atoms with Crippen molar-refractivity contribution >= 4 is 142 Å². The summed E-state index contributed by atoms with van der Waals surface area (Å²) in [6, 6.07) is -14.9. The van der Waals surface area contributed by atoms with Crippen molar-refractivity contribution in [1.29, 1.82) is 5.41 Å². The molecule has 48 heteroatoms. The Morgan fingerprint density at radius 3 is 1.35 bits per heavy atom. The van der Waals surface area contributed by atoms with Crippen LogP contribution < -0.4 is 107 Å². The van der Waals surface area contributed by atoms with Gasteiger partial charge >= 0.3 is 11.9 Å².